The predicted octanol–water partition coefficient (Wildman–Crippen LogP) is 3.80. The van der Waals surface area contributed by atoms with Gasteiger partial charge in [0.25, 0.3) is 0 Å². The van der Waals surface area contributed by atoms with Crippen LogP contribution in [0.1, 0.15) is 56.6 Å². The highest BCUT2D eigenvalue weighted by atomic mass is 16.5. The molecule has 5 rings (SSSR count). The second kappa shape index (κ2) is 6.05. The highest BCUT2D eigenvalue weighted by Gasteiger charge is 2.52. The van der Waals surface area contributed by atoms with Gasteiger partial charge in [0.05, 0.1) is 7.11 Å². The summed E-state index contributed by atoms with van der Waals surface area (Å²) < 4.78 is 5.15. The summed E-state index contributed by atoms with van der Waals surface area (Å²) in [6.07, 6.45) is 7.56. The van der Waals surface area contributed by atoms with Crippen LogP contribution in [-0.4, -0.2) is 18.9 Å². The molecule has 0 saturated carbocycles. The second-order valence-electron chi connectivity index (χ2n) is 8.34. The van der Waals surface area contributed by atoms with Crippen molar-refractivity contribution in [3.63, 3.8) is 0 Å². The quantitative estimate of drug-likeness (QED) is 0.618. The van der Waals surface area contributed by atoms with Gasteiger partial charge in [-0.2, -0.15) is 0 Å². The molecule has 0 unspecified atom stereocenters. The van der Waals surface area contributed by atoms with Crippen LogP contribution in [0.2, 0.25) is 0 Å². The van der Waals surface area contributed by atoms with Crippen molar-refractivity contribution < 1.29 is 14.3 Å². The third kappa shape index (κ3) is 2.48. The van der Waals surface area contributed by atoms with Gasteiger partial charge in [0.2, 0.25) is 0 Å². The number of hydrogen-bond donors (Lipinski definition) is 0. The van der Waals surface area contributed by atoms with E-state index in [1.54, 1.807) is 0 Å². The van der Waals surface area contributed by atoms with E-state index in [1.165, 1.54) is 35.8 Å². The lowest BCUT2D eigenvalue weighted by Crippen LogP contribution is -2.40. The molecule has 0 bridgehead atoms. The zero-order chi connectivity index (χ0) is 18.6. The summed E-state index contributed by atoms with van der Waals surface area (Å²) in [6, 6.07) is 10.7. The Bertz CT molecular complexity index is 972. The molecule has 3 aliphatic rings. The maximum absolute atomic E-state index is 13.5. The van der Waals surface area contributed by atoms with Crippen LogP contribution in [-0.2, 0) is 48.1 Å². The second-order valence-corrected chi connectivity index (χ2v) is 8.34. The van der Waals surface area contributed by atoms with E-state index in [-0.39, 0.29) is 5.78 Å². The molecule has 0 spiro atoms. The summed E-state index contributed by atoms with van der Waals surface area (Å²) in [5, 5.41) is 0. The van der Waals surface area contributed by atoms with Crippen molar-refractivity contribution in [3.05, 3.63) is 69.3 Å². The first-order chi connectivity index (χ1) is 13.1. The molecule has 0 N–H and O–H groups in total. The molecule has 0 aliphatic heterocycles. The number of esters is 1. The lowest BCUT2D eigenvalue weighted by Gasteiger charge is -2.24. The third-order valence-corrected chi connectivity index (χ3v) is 6.73. The number of benzene rings is 2. The van der Waals surface area contributed by atoms with Crippen molar-refractivity contribution in [1.82, 2.24) is 0 Å². The lowest BCUT2D eigenvalue weighted by atomic mass is 9.77. The van der Waals surface area contributed by atoms with Crippen molar-refractivity contribution in [2.45, 2.75) is 51.4 Å². The lowest BCUT2D eigenvalue weighted by molar-refractivity contribution is -0.149. The van der Waals surface area contributed by atoms with E-state index in [9.17, 15) is 9.59 Å². The van der Waals surface area contributed by atoms with Gasteiger partial charge in [-0.15, -0.1) is 0 Å². The van der Waals surface area contributed by atoms with Crippen molar-refractivity contribution in [2.75, 3.05) is 7.11 Å². The van der Waals surface area contributed by atoms with E-state index in [2.05, 4.69) is 24.3 Å². The Labute approximate surface area is 159 Å². The van der Waals surface area contributed by atoms with Crippen LogP contribution in [0.5, 0.6) is 0 Å². The van der Waals surface area contributed by atoms with Crippen LogP contribution < -0.4 is 0 Å². The Balaban J connectivity index is 1.55. The molecule has 0 saturated heterocycles. The Morgan fingerprint density at radius 3 is 2.33 bits per heavy atom. The number of aryl methyl sites for hydroxylation is 4. The predicted molar refractivity (Wildman–Crippen MR) is 103 cm³/mol. The number of Topliss-reactive ketones (excluding diaryl/α,β-unsaturated/α-hetero) is 1. The maximum atomic E-state index is 13.5. The molecule has 3 aliphatic carbocycles. The zero-order valence-electron chi connectivity index (χ0n) is 15.8. The van der Waals surface area contributed by atoms with E-state index in [0.717, 1.165) is 48.8 Å². The molecule has 0 heterocycles. The summed E-state index contributed by atoms with van der Waals surface area (Å²) >= 11 is 0. The fraction of sp³-hybridized carbons (Fsp3) is 0.417. The van der Waals surface area contributed by atoms with Crippen LogP contribution in [0.3, 0.4) is 0 Å². The van der Waals surface area contributed by atoms with E-state index in [1.807, 2.05) is 6.07 Å². The first kappa shape index (κ1) is 16.7. The summed E-state index contributed by atoms with van der Waals surface area (Å²) in [6.45, 7) is 0. The highest BCUT2D eigenvalue weighted by Crippen LogP contribution is 2.43. The fourth-order valence-electron chi connectivity index (χ4n) is 5.35. The first-order valence-electron chi connectivity index (χ1n) is 9.99. The normalized spacial score (nSPS) is 22.5. The SMILES string of the molecule is COC(=O)[C@]1(Cc2ccc3c(c2)CCC3)Cc2cc3c(cc2C1=O)CCC3. The average molecular weight is 360 g/mol. The summed E-state index contributed by atoms with van der Waals surface area (Å²) in [7, 11) is 1.39. The molecule has 0 aromatic heterocycles. The first-order valence-corrected chi connectivity index (χ1v) is 9.99. The van der Waals surface area contributed by atoms with Crippen LogP contribution in [0.4, 0.5) is 0 Å². The van der Waals surface area contributed by atoms with Gasteiger partial charge in [0.1, 0.15) is 5.41 Å². The van der Waals surface area contributed by atoms with Crippen molar-refractivity contribution in [2.24, 2.45) is 5.41 Å². The molecule has 3 nitrogen and oxygen atoms in total. The number of carbonyl (C=O) groups is 2. The smallest absolute Gasteiger partial charge is 0.320 e. The number of methoxy groups -OCH3 is 1. The number of ketones is 1. The van der Waals surface area contributed by atoms with Crippen LogP contribution in [0, 0.1) is 5.41 Å². The number of ether oxygens (including phenoxy) is 1. The van der Waals surface area contributed by atoms with Gasteiger partial charge in [-0.25, -0.2) is 0 Å². The Morgan fingerprint density at radius 2 is 1.59 bits per heavy atom. The Kier molecular flexibility index (Phi) is 3.75. The number of carbonyl (C=O) groups excluding carboxylic acids is 2. The van der Waals surface area contributed by atoms with E-state index >= 15 is 0 Å². The monoisotopic (exact) mass is 360 g/mol. The van der Waals surface area contributed by atoms with Crippen LogP contribution >= 0.6 is 0 Å². The summed E-state index contributed by atoms with van der Waals surface area (Å²) in [4.78, 5) is 26.3. The van der Waals surface area contributed by atoms with Crippen molar-refractivity contribution >= 4 is 11.8 Å². The molecule has 138 valence electrons. The molecule has 27 heavy (non-hydrogen) atoms. The van der Waals surface area contributed by atoms with Gasteiger partial charge < -0.3 is 4.74 Å². The summed E-state index contributed by atoms with van der Waals surface area (Å²) in [5.41, 5.74) is 7.11. The number of fused-ring (bicyclic) bond motifs is 3. The average Bonchev–Trinajstić information content (AvgIpc) is 3.38. The van der Waals surface area contributed by atoms with Gasteiger partial charge in [0.15, 0.2) is 5.78 Å². The molecule has 2 aromatic carbocycles. The van der Waals surface area contributed by atoms with Crippen LogP contribution in [0.15, 0.2) is 30.3 Å². The van der Waals surface area contributed by atoms with E-state index < -0.39 is 11.4 Å². The molecule has 0 fully saturated rings. The van der Waals surface area contributed by atoms with Gasteiger partial charge >= 0.3 is 5.97 Å². The van der Waals surface area contributed by atoms with Crippen LogP contribution in [0.25, 0.3) is 0 Å². The Morgan fingerprint density at radius 1 is 0.926 bits per heavy atom. The molecular weight excluding hydrogens is 336 g/mol. The highest BCUT2D eigenvalue weighted by molar-refractivity contribution is 6.16. The largest absolute Gasteiger partial charge is 0.468 e. The molecule has 1 atom stereocenters. The fourth-order valence-corrected chi connectivity index (χ4v) is 5.35. The minimum absolute atomic E-state index is 0.0560. The summed E-state index contributed by atoms with van der Waals surface area (Å²) in [5.74, 6) is -0.455. The number of rotatable bonds is 3. The van der Waals surface area contributed by atoms with Gasteiger partial charge in [-0.3, -0.25) is 9.59 Å². The molecule has 3 heteroatoms. The maximum Gasteiger partial charge on any atom is 0.320 e. The standard InChI is InChI=1S/C24H24O3/c1-27-23(26)24(13-15-8-9-16-4-2-5-17(16)10-15)14-20-11-18-6-3-7-19(18)12-21(20)22(24)25/h8-12H,2-7,13-14H2,1H3/t24-/m1/s1. The zero-order valence-corrected chi connectivity index (χ0v) is 15.8. The molecular formula is C24H24O3. The molecule has 0 radical (unpaired) electrons. The third-order valence-electron chi connectivity index (χ3n) is 6.73. The van der Waals surface area contributed by atoms with Crippen molar-refractivity contribution in [1.29, 1.82) is 0 Å². The van der Waals surface area contributed by atoms with E-state index in [0.29, 0.717) is 12.8 Å². The molecule has 0 amide bonds. The van der Waals surface area contributed by atoms with E-state index in [4.69, 9.17) is 4.74 Å². The number of hydrogen-bond acceptors (Lipinski definition) is 3. The Hall–Kier alpha value is -2.42. The molecule has 2 aromatic rings. The topological polar surface area (TPSA) is 43.4 Å². The minimum Gasteiger partial charge on any atom is -0.468 e. The minimum atomic E-state index is -1.11. The van der Waals surface area contributed by atoms with Gasteiger partial charge in [-0.1, -0.05) is 24.3 Å². The van der Waals surface area contributed by atoms with Crippen molar-refractivity contribution in [3.8, 4) is 0 Å². The van der Waals surface area contributed by atoms with Gasteiger partial charge in [-0.05, 0) is 90.8 Å². The van der Waals surface area contributed by atoms with Gasteiger partial charge in [0, 0.05) is 5.56 Å².